The van der Waals surface area contributed by atoms with Crippen LogP contribution in [0.4, 0.5) is 0 Å². The fraction of sp³-hybridized carbons (Fsp3) is 0.286. The molecule has 0 N–H and O–H groups in total. The highest BCUT2D eigenvalue weighted by atomic mass is 35.5. The first-order valence-electron chi connectivity index (χ1n) is 3.25. The molecule has 66 valence electrons. The molecule has 1 rings (SSSR count). The van der Waals surface area contributed by atoms with Crippen molar-refractivity contribution in [2.75, 3.05) is 6.26 Å². The number of rotatable bonds is 2. The average molecular weight is 206 g/mol. The molecule has 0 aliphatic heterocycles. The first-order valence-corrected chi connectivity index (χ1v) is 5.69. The van der Waals surface area contributed by atoms with E-state index in [1.807, 2.05) is 0 Å². The molecule has 0 saturated heterocycles. The summed E-state index contributed by atoms with van der Waals surface area (Å²) in [6, 6.07) is 3.22. The van der Waals surface area contributed by atoms with Crippen LogP contribution in [-0.4, -0.2) is 19.7 Å². The highest BCUT2D eigenvalue weighted by molar-refractivity contribution is 7.89. The lowest BCUT2D eigenvalue weighted by Crippen LogP contribution is -2.00. The zero-order chi connectivity index (χ0) is 9.19. The lowest BCUT2D eigenvalue weighted by molar-refractivity contribution is 0.601. The monoisotopic (exact) mass is 205 g/mol. The van der Waals surface area contributed by atoms with Gasteiger partial charge in [-0.05, 0) is 11.6 Å². The van der Waals surface area contributed by atoms with Gasteiger partial charge < -0.3 is 0 Å². The van der Waals surface area contributed by atoms with Crippen molar-refractivity contribution < 1.29 is 8.42 Å². The molecule has 3 nitrogen and oxygen atoms in total. The molecular weight excluding hydrogens is 198 g/mol. The van der Waals surface area contributed by atoms with E-state index in [1.165, 1.54) is 12.5 Å². The topological polar surface area (TPSA) is 47.0 Å². The molecule has 1 aromatic heterocycles. The quantitative estimate of drug-likeness (QED) is 0.684. The van der Waals surface area contributed by atoms with Crippen LogP contribution in [0.5, 0.6) is 0 Å². The van der Waals surface area contributed by atoms with E-state index >= 15 is 0 Å². The lowest BCUT2D eigenvalue weighted by atomic mass is 10.3. The molecule has 5 heteroatoms. The van der Waals surface area contributed by atoms with Gasteiger partial charge in [-0.25, -0.2) is 13.4 Å². The largest absolute Gasteiger partial charge is 0.244 e. The summed E-state index contributed by atoms with van der Waals surface area (Å²) >= 11 is 5.52. The SMILES string of the molecule is CS(=O)(=O)Cc1ccc(Cl)nc1. The number of halogens is 1. The molecule has 0 aliphatic rings. The van der Waals surface area contributed by atoms with Crippen molar-refractivity contribution in [2.45, 2.75) is 5.75 Å². The van der Waals surface area contributed by atoms with Crippen LogP contribution in [0.2, 0.25) is 5.15 Å². The van der Waals surface area contributed by atoms with Gasteiger partial charge in [0.15, 0.2) is 9.84 Å². The minimum atomic E-state index is -2.97. The van der Waals surface area contributed by atoms with E-state index in [1.54, 1.807) is 12.1 Å². The van der Waals surface area contributed by atoms with Gasteiger partial charge in [0, 0.05) is 12.5 Å². The Labute approximate surface area is 76.3 Å². The molecule has 0 aromatic carbocycles. The predicted molar refractivity (Wildman–Crippen MR) is 47.8 cm³/mol. The minimum Gasteiger partial charge on any atom is -0.244 e. The number of hydrogen-bond acceptors (Lipinski definition) is 3. The van der Waals surface area contributed by atoms with Crippen LogP contribution in [0.25, 0.3) is 0 Å². The minimum absolute atomic E-state index is 0.0111. The maximum atomic E-state index is 10.8. The Kier molecular flexibility index (Phi) is 2.69. The molecule has 0 bridgehead atoms. The first kappa shape index (κ1) is 9.48. The molecule has 0 saturated carbocycles. The van der Waals surface area contributed by atoms with Gasteiger partial charge in [0.05, 0.1) is 5.75 Å². The van der Waals surface area contributed by atoms with Crippen molar-refractivity contribution >= 4 is 21.4 Å². The Bertz CT molecular complexity index is 357. The van der Waals surface area contributed by atoms with E-state index in [9.17, 15) is 8.42 Å². The third-order valence-corrected chi connectivity index (χ3v) is 2.30. The van der Waals surface area contributed by atoms with E-state index in [2.05, 4.69) is 4.98 Å². The molecule has 0 radical (unpaired) electrons. The van der Waals surface area contributed by atoms with Gasteiger partial charge in [0.1, 0.15) is 5.15 Å². The van der Waals surface area contributed by atoms with E-state index in [-0.39, 0.29) is 5.75 Å². The van der Waals surface area contributed by atoms with Crippen LogP contribution < -0.4 is 0 Å². The summed E-state index contributed by atoms with van der Waals surface area (Å²) in [4.78, 5) is 3.76. The molecule has 1 heterocycles. The third-order valence-electron chi connectivity index (χ3n) is 1.22. The zero-order valence-corrected chi connectivity index (χ0v) is 8.06. The number of pyridine rings is 1. The van der Waals surface area contributed by atoms with E-state index in [0.29, 0.717) is 10.7 Å². The van der Waals surface area contributed by atoms with Gasteiger partial charge in [0.25, 0.3) is 0 Å². The average Bonchev–Trinajstić information content (AvgIpc) is 1.91. The second kappa shape index (κ2) is 3.41. The zero-order valence-electron chi connectivity index (χ0n) is 6.49. The van der Waals surface area contributed by atoms with Crippen LogP contribution in [0.1, 0.15) is 5.56 Å². The van der Waals surface area contributed by atoms with Crippen LogP contribution >= 0.6 is 11.6 Å². The summed E-state index contributed by atoms with van der Waals surface area (Å²) in [5.74, 6) is 0.0111. The van der Waals surface area contributed by atoms with E-state index < -0.39 is 9.84 Å². The van der Waals surface area contributed by atoms with Crippen molar-refractivity contribution in [3.8, 4) is 0 Å². The van der Waals surface area contributed by atoms with Crippen LogP contribution in [0.15, 0.2) is 18.3 Å². The molecule has 12 heavy (non-hydrogen) atoms. The summed E-state index contributed by atoms with van der Waals surface area (Å²) < 4.78 is 21.6. The smallest absolute Gasteiger partial charge is 0.151 e. The van der Waals surface area contributed by atoms with Crippen molar-refractivity contribution in [1.29, 1.82) is 0 Å². The van der Waals surface area contributed by atoms with Crippen molar-refractivity contribution in [3.05, 3.63) is 29.0 Å². The Balaban J connectivity index is 2.85. The molecule has 0 atom stereocenters. The molecule has 0 spiro atoms. The highest BCUT2D eigenvalue weighted by Crippen LogP contribution is 2.07. The first-order chi connectivity index (χ1) is 5.47. The highest BCUT2D eigenvalue weighted by Gasteiger charge is 2.03. The fourth-order valence-corrected chi connectivity index (χ4v) is 1.68. The fourth-order valence-electron chi connectivity index (χ4n) is 0.795. The van der Waals surface area contributed by atoms with Gasteiger partial charge in [0.2, 0.25) is 0 Å². The lowest BCUT2D eigenvalue weighted by Gasteiger charge is -1.97. The standard InChI is InChI=1S/C7H8ClNO2S/c1-12(10,11)5-6-2-3-7(8)9-4-6/h2-4H,5H2,1H3. The van der Waals surface area contributed by atoms with E-state index in [4.69, 9.17) is 11.6 Å². The maximum absolute atomic E-state index is 10.8. The molecule has 0 fully saturated rings. The van der Waals surface area contributed by atoms with Crippen molar-refractivity contribution in [1.82, 2.24) is 4.98 Å². The molecule has 1 aromatic rings. The summed E-state index contributed by atoms with van der Waals surface area (Å²) in [5.41, 5.74) is 0.655. The van der Waals surface area contributed by atoms with Gasteiger partial charge in [-0.2, -0.15) is 0 Å². The predicted octanol–water partition coefficient (Wildman–Crippen LogP) is 1.28. The Morgan fingerprint density at radius 1 is 1.50 bits per heavy atom. The van der Waals surface area contributed by atoms with Gasteiger partial charge in [-0.1, -0.05) is 17.7 Å². The van der Waals surface area contributed by atoms with Gasteiger partial charge in [-0.15, -0.1) is 0 Å². The maximum Gasteiger partial charge on any atom is 0.151 e. The summed E-state index contributed by atoms with van der Waals surface area (Å²) in [5, 5.41) is 0.368. The Morgan fingerprint density at radius 2 is 2.17 bits per heavy atom. The van der Waals surface area contributed by atoms with Crippen LogP contribution in [-0.2, 0) is 15.6 Å². The summed E-state index contributed by atoms with van der Waals surface area (Å²) in [6.07, 6.45) is 2.64. The van der Waals surface area contributed by atoms with Gasteiger partial charge >= 0.3 is 0 Å². The Hall–Kier alpha value is -0.610. The van der Waals surface area contributed by atoms with Crippen LogP contribution in [0.3, 0.4) is 0 Å². The molecule has 0 aliphatic carbocycles. The second-order valence-electron chi connectivity index (χ2n) is 2.56. The number of nitrogens with zero attached hydrogens (tertiary/aromatic N) is 1. The molecule has 0 unspecified atom stereocenters. The number of sulfone groups is 1. The summed E-state index contributed by atoms with van der Waals surface area (Å²) in [6.45, 7) is 0. The second-order valence-corrected chi connectivity index (χ2v) is 5.09. The van der Waals surface area contributed by atoms with Gasteiger partial charge in [-0.3, -0.25) is 0 Å². The number of hydrogen-bond donors (Lipinski definition) is 0. The third kappa shape index (κ3) is 3.19. The Morgan fingerprint density at radius 3 is 2.58 bits per heavy atom. The number of aromatic nitrogens is 1. The molecular formula is C7H8ClNO2S. The van der Waals surface area contributed by atoms with Crippen molar-refractivity contribution in [2.24, 2.45) is 0 Å². The van der Waals surface area contributed by atoms with Crippen LogP contribution in [0, 0.1) is 0 Å². The molecule has 0 amide bonds. The van der Waals surface area contributed by atoms with Crippen molar-refractivity contribution in [3.63, 3.8) is 0 Å². The normalized spacial score (nSPS) is 11.5. The summed E-state index contributed by atoms with van der Waals surface area (Å²) in [7, 11) is -2.97. The van der Waals surface area contributed by atoms with E-state index in [0.717, 1.165) is 0 Å².